The molecule has 0 aliphatic rings. The quantitative estimate of drug-likeness (QED) is 0.417. The molecular weight excluding hydrogens is 351 g/mol. The first kappa shape index (κ1) is 16.2. The van der Waals surface area contributed by atoms with Gasteiger partial charge in [0.25, 0.3) is 0 Å². The van der Waals surface area contributed by atoms with Crippen molar-refractivity contribution < 1.29 is 0 Å². The van der Waals surface area contributed by atoms with E-state index in [0.717, 1.165) is 35.4 Å². The maximum Gasteiger partial charge on any atom is 0.142 e. The summed E-state index contributed by atoms with van der Waals surface area (Å²) in [5.41, 5.74) is 4.28. The van der Waals surface area contributed by atoms with Crippen molar-refractivity contribution in [1.82, 2.24) is 9.55 Å². The Hall–Kier alpha value is -2.29. The van der Waals surface area contributed by atoms with Crippen LogP contribution in [0, 0.1) is 0 Å². The van der Waals surface area contributed by atoms with Gasteiger partial charge in [-0.25, -0.2) is 4.98 Å². The smallest absolute Gasteiger partial charge is 0.142 e. The van der Waals surface area contributed by atoms with Gasteiger partial charge in [0.05, 0.1) is 16.1 Å². The Kier molecular flexibility index (Phi) is 4.48. The molecule has 25 heavy (non-hydrogen) atoms. The predicted octanol–water partition coefficient (Wildman–Crippen LogP) is 6.25. The zero-order valence-electron chi connectivity index (χ0n) is 13.5. The molecule has 124 valence electrons. The normalized spacial score (nSPS) is 11.1. The number of para-hydroxylation sites is 2. The van der Waals surface area contributed by atoms with Gasteiger partial charge in [-0.1, -0.05) is 65.7 Å². The molecule has 0 radical (unpaired) electrons. The van der Waals surface area contributed by atoms with Crippen molar-refractivity contribution in [3.8, 4) is 11.4 Å². The van der Waals surface area contributed by atoms with Gasteiger partial charge < -0.3 is 4.57 Å². The molecule has 0 aliphatic carbocycles. The van der Waals surface area contributed by atoms with Crippen LogP contribution in [0.2, 0.25) is 10.0 Å². The van der Waals surface area contributed by atoms with Gasteiger partial charge in [0.2, 0.25) is 0 Å². The number of halogens is 2. The van der Waals surface area contributed by atoms with E-state index in [1.807, 2.05) is 36.4 Å². The van der Waals surface area contributed by atoms with Crippen molar-refractivity contribution in [2.45, 2.75) is 13.0 Å². The van der Waals surface area contributed by atoms with Crippen LogP contribution in [0.3, 0.4) is 0 Å². The number of nitrogens with zero attached hydrogens (tertiary/aromatic N) is 2. The third kappa shape index (κ3) is 3.28. The predicted molar refractivity (Wildman–Crippen MR) is 105 cm³/mol. The maximum absolute atomic E-state index is 6.44. The molecular formula is C21H16Cl2N2. The Bertz CT molecular complexity index is 1020. The number of fused-ring (bicyclic) bond motifs is 1. The van der Waals surface area contributed by atoms with Crippen LogP contribution < -0.4 is 0 Å². The average Bonchev–Trinajstić information content (AvgIpc) is 2.99. The summed E-state index contributed by atoms with van der Waals surface area (Å²) in [6, 6.07) is 24.2. The number of hydrogen-bond acceptors (Lipinski definition) is 1. The number of hydrogen-bond donors (Lipinski definition) is 0. The lowest BCUT2D eigenvalue weighted by molar-refractivity contribution is 0.723. The molecule has 4 rings (SSSR count). The zero-order valence-corrected chi connectivity index (χ0v) is 15.0. The Balaban J connectivity index is 1.80. The number of benzene rings is 3. The van der Waals surface area contributed by atoms with Gasteiger partial charge in [0.1, 0.15) is 5.82 Å². The molecule has 0 aliphatic heterocycles. The summed E-state index contributed by atoms with van der Waals surface area (Å²) in [5, 5.41) is 1.24. The second-order valence-corrected chi connectivity index (χ2v) is 6.78. The lowest BCUT2D eigenvalue weighted by Crippen LogP contribution is -2.04. The van der Waals surface area contributed by atoms with Gasteiger partial charge in [-0.3, -0.25) is 0 Å². The van der Waals surface area contributed by atoms with Gasteiger partial charge in [-0.15, -0.1) is 0 Å². The first-order valence-electron chi connectivity index (χ1n) is 8.17. The summed E-state index contributed by atoms with van der Waals surface area (Å²) >= 11 is 12.5. The average molecular weight is 367 g/mol. The Morgan fingerprint density at radius 3 is 2.40 bits per heavy atom. The van der Waals surface area contributed by atoms with Gasteiger partial charge >= 0.3 is 0 Å². The molecule has 0 saturated carbocycles. The van der Waals surface area contributed by atoms with Gasteiger partial charge in [-0.2, -0.15) is 0 Å². The molecule has 0 fully saturated rings. The fraction of sp³-hybridized carbons (Fsp3) is 0.0952. The molecule has 0 unspecified atom stereocenters. The zero-order chi connectivity index (χ0) is 17.2. The van der Waals surface area contributed by atoms with Gasteiger partial charge in [0.15, 0.2) is 0 Å². The fourth-order valence-electron chi connectivity index (χ4n) is 3.06. The van der Waals surface area contributed by atoms with Crippen LogP contribution in [-0.2, 0) is 13.0 Å². The van der Waals surface area contributed by atoms with E-state index in [1.54, 1.807) is 6.07 Å². The molecule has 4 heteroatoms. The van der Waals surface area contributed by atoms with Crippen molar-refractivity contribution in [1.29, 1.82) is 0 Å². The van der Waals surface area contributed by atoms with Crippen molar-refractivity contribution in [2.24, 2.45) is 0 Å². The molecule has 3 aromatic carbocycles. The highest BCUT2D eigenvalue weighted by Gasteiger charge is 2.15. The van der Waals surface area contributed by atoms with E-state index in [9.17, 15) is 0 Å². The maximum atomic E-state index is 6.44. The standard InChI is InChI=1S/C21H16Cl2N2/c22-16-10-11-17(18(23)14-16)21-24-19-8-4-5-9-20(19)25(21)13-12-15-6-2-1-3-7-15/h1-11,14H,12-13H2. The lowest BCUT2D eigenvalue weighted by atomic mass is 10.1. The summed E-state index contributed by atoms with van der Waals surface area (Å²) in [6.07, 6.45) is 0.930. The van der Waals surface area contributed by atoms with Crippen LogP contribution in [0.15, 0.2) is 72.8 Å². The number of aryl methyl sites for hydroxylation is 2. The van der Waals surface area contributed by atoms with Crippen LogP contribution >= 0.6 is 23.2 Å². The Labute approximate surface area is 156 Å². The molecule has 0 N–H and O–H groups in total. The number of imidazole rings is 1. The molecule has 4 aromatic rings. The highest BCUT2D eigenvalue weighted by molar-refractivity contribution is 6.36. The van der Waals surface area contributed by atoms with Gasteiger partial charge in [-0.05, 0) is 42.3 Å². The summed E-state index contributed by atoms with van der Waals surface area (Å²) in [7, 11) is 0. The van der Waals surface area contributed by atoms with E-state index in [0.29, 0.717) is 10.0 Å². The molecule has 0 saturated heterocycles. The fourth-order valence-corrected chi connectivity index (χ4v) is 3.56. The molecule has 2 nitrogen and oxygen atoms in total. The Morgan fingerprint density at radius 2 is 1.60 bits per heavy atom. The minimum atomic E-state index is 0.615. The van der Waals surface area contributed by atoms with Crippen LogP contribution in [0.1, 0.15) is 5.56 Å². The van der Waals surface area contributed by atoms with E-state index in [4.69, 9.17) is 28.2 Å². The highest BCUT2D eigenvalue weighted by Crippen LogP contribution is 2.32. The monoisotopic (exact) mass is 366 g/mol. The SMILES string of the molecule is Clc1ccc(-c2nc3ccccc3n2CCc2ccccc2)c(Cl)c1. The van der Waals surface area contributed by atoms with Crippen LogP contribution in [-0.4, -0.2) is 9.55 Å². The van der Waals surface area contributed by atoms with Crippen LogP contribution in [0.5, 0.6) is 0 Å². The second kappa shape index (κ2) is 6.91. The van der Waals surface area contributed by atoms with E-state index in [2.05, 4.69) is 34.9 Å². The van der Waals surface area contributed by atoms with Crippen molar-refractivity contribution in [3.63, 3.8) is 0 Å². The van der Waals surface area contributed by atoms with Crippen LogP contribution in [0.25, 0.3) is 22.4 Å². The number of aromatic nitrogens is 2. The van der Waals surface area contributed by atoms with E-state index < -0.39 is 0 Å². The van der Waals surface area contributed by atoms with Crippen LogP contribution in [0.4, 0.5) is 0 Å². The topological polar surface area (TPSA) is 17.8 Å². The molecule has 1 aromatic heterocycles. The van der Waals surface area contributed by atoms with Crippen molar-refractivity contribution in [2.75, 3.05) is 0 Å². The first-order chi connectivity index (χ1) is 12.2. The summed E-state index contributed by atoms with van der Waals surface area (Å²) < 4.78 is 2.23. The highest BCUT2D eigenvalue weighted by atomic mass is 35.5. The first-order valence-corrected chi connectivity index (χ1v) is 8.92. The molecule has 0 bridgehead atoms. The number of rotatable bonds is 4. The second-order valence-electron chi connectivity index (χ2n) is 5.94. The summed E-state index contributed by atoms with van der Waals surface area (Å²) in [5.74, 6) is 0.874. The van der Waals surface area contributed by atoms with Crippen molar-refractivity contribution in [3.05, 3.63) is 88.4 Å². The van der Waals surface area contributed by atoms with Crippen molar-refractivity contribution >= 4 is 34.2 Å². The lowest BCUT2D eigenvalue weighted by Gasteiger charge is -2.11. The van der Waals surface area contributed by atoms with E-state index in [-0.39, 0.29) is 0 Å². The van der Waals surface area contributed by atoms with Gasteiger partial charge in [0, 0.05) is 17.1 Å². The molecule has 0 amide bonds. The minimum Gasteiger partial charge on any atom is -0.324 e. The molecule has 1 heterocycles. The third-order valence-electron chi connectivity index (χ3n) is 4.29. The minimum absolute atomic E-state index is 0.615. The largest absolute Gasteiger partial charge is 0.324 e. The third-order valence-corrected chi connectivity index (χ3v) is 4.84. The summed E-state index contributed by atoms with van der Waals surface area (Å²) in [4.78, 5) is 4.82. The van der Waals surface area contributed by atoms with E-state index >= 15 is 0 Å². The Morgan fingerprint density at radius 1 is 0.840 bits per heavy atom. The van der Waals surface area contributed by atoms with E-state index in [1.165, 1.54) is 5.56 Å². The summed E-state index contributed by atoms with van der Waals surface area (Å²) in [6.45, 7) is 0.832. The molecule has 0 spiro atoms. The molecule has 0 atom stereocenters.